The number of halogens is 2. The van der Waals surface area contributed by atoms with Crippen molar-refractivity contribution in [2.24, 2.45) is 0 Å². The highest BCUT2D eigenvalue weighted by Crippen LogP contribution is 2.27. The predicted octanol–water partition coefficient (Wildman–Crippen LogP) is 3.04. The molecule has 2 N–H and O–H groups in total. The molecule has 7 nitrogen and oxygen atoms in total. The highest BCUT2D eigenvalue weighted by molar-refractivity contribution is 5.94. The molecule has 2 amide bonds. The van der Waals surface area contributed by atoms with Gasteiger partial charge in [-0.05, 0) is 42.7 Å². The highest BCUT2D eigenvalue weighted by atomic mass is 19.1. The summed E-state index contributed by atoms with van der Waals surface area (Å²) in [6.45, 7) is 0.242. The van der Waals surface area contributed by atoms with Crippen LogP contribution in [0.15, 0.2) is 36.4 Å². The van der Waals surface area contributed by atoms with Crippen molar-refractivity contribution in [3.63, 3.8) is 0 Å². The minimum atomic E-state index is -1.38. The fourth-order valence-electron chi connectivity index (χ4n) is 3.22. The van der Waals surface area contributed by atoms with E-state index in [1.54, 1.807) is 12.1 Å². The fourth-order valence-corrected chi connectivity index (χ4v) is 3.22. The fraction of sp³-hybridized carbons (Fsp3) is 0.318. The lowest BCUT2D eigenvalue weighted by molar-refractivity contribution is -0.145. The molecular formula is C22H22F2N2O5. The molecule has 0 bridgehead atoms. The second kappa shape index (κ2) is 10.0. The summed E-state index contributed by atoms with van der Waals surface area (Å²) in [7, 11) is 1.11. The molecule has 0 saturated carbocycles. The van der Waals surface area contributed by atoms with Crippen LogP contribution in [0, 0.1) is 11.6 Å². The molecule has 0 radical (unpaired) electrons. The highest BCUT2D eigenvalue weighted by Gasteiger charge is 2.26. The van der Waals surface area contributed by atoms with Crippen LogP contribution in [0.3, 0.4) is 0 Å². The molecule has 0 aliphatic carbocycles. The normalized spacial score (nSPS) is 13.6. The Morgan fingerprint density at radius 3 is 2.71 bits per heavy atom. The Labute approximate surface area is 177 Å². The largest absolute Gasteiger partial charge is 0.494 e. The van der Waals surface area contributed by atoms with E-state index in [1.165, 1.54) is 0 Å². The van der Waals surface area contributed by atoms with E-state index >= 15 is 0 Å². The molecule has 0 spiro atoms. The number of fused-ring (bicyclic) bond motifs is 1. The van der Waals surface area contributed by atoms with E-state index in [0.717, 1.165) is 30.5 Å². The first-order valence-corrected chi connectivity index (χ1v) is 9.75. The summed E-state index contributed by atoms with van der Waals surface area (Å²) < 4.78 is 37.5. The average molecular weight is 432 g/mol. The Morgan fingerprint density at radius 2 is 1.97 bits per heavy atom. The number of benzene rings is 2. The van der Waals surface area contributed by atoms with Gasteiger partial charge in [0.1, 0.15) is 17.4 Å². The molecule has 1 aliphatic heterocycles. The van der Waals surface area contributed by atoms with E-state index < -0.39 is 29.6 Å². The maximum Gasteiger partial charge on any atom is 0.333 e. The van der Waals surface area contributed by atoms with Crippen molar-refractivity contribution < 1.29 is 32.6 Å². The molecule has 31 heavy (non-hydrogen) atoms. The predicted molar refractivity (Wildman–Crippen MR) is 107 cm³/mol. The summed E-state index contributed by atoms with van der Waals surface area (Å²) in [5.74, 6) is -2.51. The number of carbonyl (C=O) groups excluding carboxylic acids is 3. The number of methoxy groups -OCH3 is 1. The van der Waals surface area contributed by atoms with Gasteiger partial charge in [0.2, 0.25) is 11.8 Å². The zero-order valence-electron chi connectivity index (χ0n) is 16.9. The lowest BCUT2D eigenvalue weighted by atomic mass is 10.0. The Kier molecular flexibility index (Phi) is 7.17. The quantitative estimate of drug-likeness (QED) is 0.494. The maximum atomic E-state index is 14.0. The van der Waals surface area contributed by atoms with Gasteiger partial charge >= 0.3 is 5.97 Å². The first-order chi connectivity index (χ1) is 14.9. The number of anilines is 1. The summed E-state index contributed by atoms with van der Waals surface area (Å²) >= 11 is 0. The number of amides is 2. The van der Waals surface area contributed by atoms with Gasteiger partial charge in [-0.2, -0.15) is 0 Å². The average Bonchev–Trinajstić information content (AvgIpc) is 2.75. The first kappa shape index (κ1) is 22.2. The van der Waals surface area contributed by atoms with Crippen LogP contribution < -0.4 is 15.4 Å². The molecule has 1 atom stereocenters. The lowest BCUT2D eigenvalue weighted by Gasteiger charge is -2.18. The minimum absolute atomic E-state index is 0.0158. The van der Waals surface area contributed by atoms with Crippen molar-refractivity contribution in [2.45, 2.75) is 31.7 Å². The zero-order valence-corrected chi connectivity index (χ0v) is 16.9. The number of nitrogens with one attached hydrogen (secondary N) is 2. The zero-order chi connectivity index (χ0) is 22.4. The molecule has 1 aliphatic rings. The van der Waals surface area contributed by atoms with Gasteiger partial charge in [-0.25, -0.2) is 13.6 Å². The SMILES string of the molecule is COC(=O)[C@H](NC(=O)CCCOc1ccc2c(c1)CCC(=O)N2)c1ccc(F)cc1F. The molecule has 3 rings (SSSR count). The van der Waals surface area contributed by atoms with E-state index in [0.29, 0.717) is 31.1 Å². The van der Waals surface area contributed by atoms with Crippen molar-refractivity contribution in [3.8, 4) is 5.75 Å². The Bertz CT molecular complexity index is 996. The Morgan fingerprint density at radius 1 is 1.16 bits per heavy atom. The Hall–Kier alpha value is -3.49. The van der Waals surface area contributed by atoms with Gasteiger partial charge in [0.25, 0.3) is 0 Å². The van der Waals surface area contributed by atoms with E-state index in [-0.39, 0.29) is 24.5 Å². The molecule has 1 heterocycles. The summed E-state index contributed by atoms with van der Waals surface area (Å²) in [6.07, 6.45) is 1.43. The summed E-state index contributed by atoms with van der Waals surface area (Å²) in [6, 6.07) is 6.69. The van der Waals surface area contributed by atoms with Gasteiger partial charge in [0.05, 0.1) is 13.7 Å². The third-order valence-corrected chi connectivity index (χ3v) is 4.80. The number of carbonyl (C=O) groups is 3. The van der Waals surface area contributed by atoms with Crippen molar-refractivity contribution >= 4 is 23.5 Å². The molecule has 0 unspecified atom stereocenters. The third kappa shape index (κ3) is 5.78. The molecule has 0 saturated heterocycles. The van der Waals surface area contributed by atoms with Crippen LogP contribution in [-0.4, -0.2) is 31.5 Å². The van der Waals surface area contributed by atoms with Crippen LogP contribution in [0.5, 0.6) is 5.75 Å². The van der Waals surface area contributed by atoms with Crippen molar-refractivity contribution in [1.29, 1.82) is 0 Å². The van der Waals surface area contributed by atoms with Crippen LogP contribution in [0.1, 0.15) is 36.4 Å². The van der Waals surface area contributed by atoms with Crippen molar-refractivity contribution in [1.82, 2.24) is 5.32 Å². The summed E-state index contributed by atoms with van der Waals surface area (Å²) in [5.41, 5.74) is 1.57. The number of ether oxygens (including phenoxy) is 2. The van der Waals surface area contributed by atoms with Gasteiger partial charge in [-0.3, -0.25) is 9.59 Å². The van der Waals surface area contributed by atoms with Crippen molar-refractivity contribution in [3.05, 3.63) is 59.2 Å². The Balaban J connectivity index is 1.51. The van der Waals surface area contributed by atoms with Gasteiger partial charge in [-0.1, -0.05) is 6.07 Å². The van der Waals surface area contributed by atoms with Crippen LogP contribution >= 0.6 is 0 Å². The molecule has 0 aromatic heterocycles. The molecule has 2 aromatic rings. The molecule has 164 valence electrons. The summed E-state index contributed by atoms with van der Waals surface area (Å²) in [5, 5.41) is 5.21. The van der Waals surface area contributed by atoms with Crippen molar-refractivity contribution in [2.75, 3.05) is 19.0 Å². The van der Waals surface area contributed by atoms with E-state index in [4.69, 9.17) is 4.74 Å². The number of rotatable bonds is 8. The summed E-state index contributed by atoms with van der Waals surface area (Å²) in [4.78, 5) is 35.6. The molecule has 9 heteroatoms. The number of hydrogen-bond acceptors (Lipinski definition) is 5. The van der Waals surface area contributed by atoms with E-state index in [1.807, 2.05) is 6.07 Å². The molecule has 2 aromatic carbocycles. The number of hydrogen-bond donors (Lipinski definition) is 2. The minimum Gasteiger partial charge on any atom is -0.494 e. The van der Waals surface area contributed by atoms with Crippen LogP contribution in [0.4, 0.5) is 14.5 Å². The molecular weight excluding hydrogens is 410 g/mol. The topological polar surface area (TPSA) is 93.7 Å². The van der Waals surface area contributed by atoms with Gasteiger partial charge < -0.3 is 20.1 Å². The van der Waals surface area contributed by atoms with Gasteiger partial charge in [0, 0.05) is 30.2 Å². The number of esters is 1. The van der Waals surface area contributed by atoms with E-state index in [2.05, 4.69) is 15.4 Å². The van der Waals surface area contributed by atoms with Crippen LogP contribution in [0.2, 0.25) is 0 Å². The first-order valence-electron chi connectivity index (χ1n) is 9.75. The maximum absolute atomic E-state index is 14.0. The standard InChI is InChI=1S/C22H22F2N2O5/c1-30-22(29)21(16-7-5-14(23)12-17(16)24)26-19(27)3-2-10-31-15-6-8-18-13(11-15)4-9-20(28)25-18/h5-8,11-12,21H,2-4,9-10H2,1H3,(H,25,28)(H,26,27)/t21-/m1/s1. The second-order valence-electron chi connectivity index (χ2n) is 7.01. The van der Waals surface area contributed by atoms with E-state index in [9.17, 15) is 23.2 Å². The van der Waals surface area contributed by atoms with Crippen LogP contribution in [0.25, 0.3) is 0 Å². The smallest absolute Gasteiger partial charge is 0.333 e. The second-order valence-corrected chi connectivity index (χ2v) is 7.01. The van der Waals surface area contributed by atoms with Crippen LogP contribution in [-0.2, 0) is 25.5 Å². The monoisotopic (exact) mass is 432 g/mol. The van der Waals surface area contributed by atoms with Gasteiger partial charge in [0.15, 0.2) is 6.04 Å². The number of aryl methyl sites for hydroxylation is 1. The van der Waals surface area contributed by atoms with Gasteiger partial charge in [-0.15, -0.1) is 0 Å². The molecule has 0 fully saturated rings. The third-order valence-electron chi connectivity index (χ3n) is 4.80. The lowest BCUT2D eigenvalue weighted by Crippen LogP contribution is -2.35.